The first kappa shape index (κ1) is 15.1. The molecule has 2 nitrogen and oxygen atoms in total. The van der Waals surface area contributed by atoms with Gasteiger partial charge in [-0.1, -0.05) is 39.0 Å². The molecule has 0 aromatic rings. The summed E-state index contributed by atoms with van der Waals surface area (Å²) in [5.74, 6) is 0.837. The molecule has 15 heavy (non-hydrogen) atoms. The van der Waals surface area contributed by atoms with Crippen LogP contribution in [0.3, 0.4) is 0 Å². The van der Waals surface area contributed by atoms with Crippen LogP contribution in [0.25, 0.3) is 0 Å². The van der Waals surface area contributed by atoms with Crippen LogP contribution in [0.2, 0.25) is 0 Å². The van der Waals surface area contributed by atoms with E-state index in [1.165, 1.54) is 38.5 Å². The lowest BCUT2D eigenvalue weighted by atomic mass is 10.1. The molecule has 1 atom stereocenters. The maximum atomic E-state index is 10.8. The van der Waals surface area contributed by atoms with Crippen molar-refractivity contribution in [2.45, 2.75) is 51.9 Å². The number of hydrogen-bond acceptors (Lipinski definition) is 2. The SMILES string of the molecule is CCCCCCCCNCCCS(C)=O. The van der Waals surface area contributed by atoms with Crippen LogP contribution in [0.1, 0.15) is 51.9 Å². The zero-order chi connectivity index (χ0) is 11.4. The molecule has 0 rings (SSSR count). The summed E-state index contributed by atoms with van der Waals surface area (Å²) in [6.45, 7) is 4.40. The third kappa shape index (κ3) is 14.1. The van der Waals surface area contributed by atoms with E-state index in [1.54, 1.807) is 6.26 Å². The van der Waals surface area contributed by atoms with Gasteiger partial charge < -0.3 is 5.32 Å². The Hall–Kier alpha value is 0.110. The number of unbranched alkanes of at least 4 members (excludes halogenated alkanes) is 5. The van der Waals surface area contributed by atoms with E-state index in [4.69, 9.17) is 0 Å². The molecular weight excluding hydrogens is 206 g/mol. The molecule has 3 heteroatoms. The molecule has 0 aromatic carbocycles. The summed E-state index contributed by atoms with van der Waals surface area (Å²) in [5.41, 5.74) is 0. The van der Waals surface area contributed by atoms with Gasteiger partial charge in [0.2, 0.25) is 0 Å². The van der Waals surface area contributed by atoms with E-state index in [9.17, 15) is 4.21 Å². The summed E-state index contributed by atoms with van der Waals surface area (Å²) in [5, 5.41) is 3.40. The Bertz CT molecular complexity index is 151. The molecule has 0 heterocycles. The van der Waals surface area contributed by atoms with Crippen molar-refractivity contribution in [3.63, 3.8) is 0 Å². The quantitative estimate of drug-likeness (QED) is 0.556. The summed E-state index contributed by atoms with van der Waals surface area (Å²) in [6, 6.07) is 0. The van der Waals surface area contributed by atoms with Gasteiger partial charge in [0.25, 0.3) is 0 Å². The highest BCUT2D eigenvalue weighted by Crippen LogP contribution is 2.03. The lowest BCUT2D eigenvalue weighted by Gasteiger charge is -2.03. The minimum atomic E-state index is -0.618. The van der Waals surface area contributed by atoms with Gasteiger partial charge >= 0.3 is 0 Å². The van der Waals surface area contributed by atoms with E-state index in [1.807, 2.05) is 0 Å². The third-order valence-corrected chi connectivity index (χ3v) is 3.36. The molecule has 0 aliphatic rings. The maximum Gasteiger partial charge on any atom is 0.0244 e. The summed E-state index contributed by atoms with van der Waals surface area (Å²) in [6.07, 6.45) is 10.9. The Morgan fingerprint density at radius 3 is 2.20 bits per heavy atom. The van der Waals surface area contributed by atoms with Crippen LogP contribution in [-0.4, -0.2) is 29.3 Å². The first-order valence-corrected chi connectivity index (χ1v) is 8.00. The topological polar surface area (TPSA) is 29.1 Å². The van der Waals surface area contributed by atoms with E-state index < -0.39 is 10.8 Å². The fourth-order valence-corrected chi connectivity index (χ4v) is 2.11. The van der Waals surface area contributed by atoms with Gasteiger partial charge in [0, 0.05) is 22.8 Å². The summed E-state index contributed by atoms with van der Waals surface area (Å²) >= 11 is 0. The average Bonchev–Trinajstić information content (AvgIpc) is 2.20. The fourth-order valence-electron chi connectivity index (χ4n) is 1.56. The molecule has 0 saturated heterocycles. The van der Waals surface area contributed by atoms with Crippen LogP contribution >= 0.6 is 0 Å². The lowest BCUT2D eigenvalue weighted by molar-refractivity contribution is 0.570. The van der Waals surface area contributed by atoms with Crippen molar-refractivity contribution >= 4 is 10.8 Å². The molecule has 0 aromatic heterocycles. The Balaban J connectivity index is 2.89. The minimum absolute atomic E-state index is 0.618. The molecule has 0 fully saturated rings. The average molecular weight is 233 g/mol. The second kappa shape index (κ2) is 12.2. The second-order valence-corrected chi connectivity index (χ2v) is 5.70. The zero-order valence-electron chi connectivity index (χ0n) is 10.4. The van der Waals surface area contributed by atoms with Crippen LogP contribution in [0.4, 0.5) is 0 Å². The van der Waals surface area contributed by atoms with Crippen molar-refractivity contribution in [1.29, 1.82) is 0 Å². The van der Waals surface area contributed by atoms with Gasteiger partial charge in [-0.3, -0.25) is 4.21 Å². The molecule has 0 radical (unpaired) electrons. The van der Waals surface area contributed by atoms with E-state index in [0.29, 0.717) is 0 Å². The van der Waals surface area contributed by atoms with Gasteiger partial charge in [0.1, 0.15) is 0 Å². The predicted octanol–water partition coefficient (Wildman–Crippen LogP) is 2.71. The van der Waals surface area contributed by atoms with Crippen molar-refractivity contribution in [2.75, 3.05) is 25.1 Å². The van der Waals surface area contributed by atoms with E-state index in [0.717, 1.165) is 25.3 Å². The van der Waals surface area contributed by atoms with Gasteiger partial charge in [-0.05, 0) is 25.9 Å². The summed E-state index contributed by atoms with van der Waals surface area (Å²) in [4.78, 5) is 0. The standard InChI is InChI=1S/C12H27NOS/c1-3-4-5-6-7-8-10-13-11-9-12-15(2)14/h13H,3-12H2,1-2H3. The van der Waals surface area contributed by atoms with Crippen LogP contribution in [0.5, 0.6) is 0 Å². The molecule has 0 saturated carbocycles. The van der Waals surface area contributed by atoms with Crippen molar-refractivity contribution in [2.24, 2.45) is 0 Å². The summed E-state index contributed by atoms with van der Waals surface area (Å²) in [7, 11) is -0.618. The normalized spacial score (nSPS) is 12.9. The van der Waals surface area contributed by atoms with Gasteiger partial charge in [0.15, 0.2) is 0 Å². The maximum absolute atomic E-state index is 10.8. The molecular formula is C12H27NOS. The highest BCUT2D eigenvalue weighted by Gasteiger charge is 1.92. The first-order chi connectivity index (χ1) is 7.27. The molecule has 0 spiro atoms. The minimum Gasteiger partial charge on any atom is -0.317 e. The smallest absolute Gasteiger partial charge is 0.0244 e. The zero-order valence-corrected chi connectivity index (χ0v) is 11.2. The Morgan fingerprint density at radius 1 is 0.933 bits per heavy atom. The van der Waals surface area contributed by atoms with Crippen molar-refractivity contribution in [3.8, 4) is 0 Å². The van der Waals surface area contributed by atoms with Crippen LogP contribution in [-0.2, 0) is 10.8 Å². The Kier molecular flexibility index (Phi) is 12.3. The molecule has 0 aliphatic carbocycles. The third-order valence-electron chi connectivity index (χ3n) is 2.49. The highest BCUT2D eigenvalue weighted by atomic mass is 32.2. The van der Waals surface area contributed by atoms with Crippen molar-refractivity contribution in [1.82, 2.24) is 5.32 Å². The van der Waals surface area contributed by atoms with Crippen LogP contribution in [0, 0.1) is 0 Å². The fraction of sp³-hybridized carbons (Fsp3) is 1.00. The first-order valence-electron chi connectivity index (χ1n) is 6.28. The van der Waals surface area contributed by atoms with E-state index >= 15 is 0 Å². The van der Waals surface area contributed by atoms with Gasteiger partial charge in [-0.25, -0.2) is 0 Å². The number of rotatable bonds is 11. The van der Waals surface area contributed by atoms with Gasteiger partial charge in [-0.2, -0.15) is 0 Å². The molecule has 92 valence electrons. The Morgan fingerprint density at radius 2 is 1.53 bits per heavy atom. The van der Waals surface area contributed by atoms with E-state index in [-0.39, 0.29) is 0 Å². The molecule has 0 bridgehead atoms. The number of nitrogens with one attached hydrogen (secondary N) is 1. The lowest BCUT2D eigenvalue weighted by Crippen LogP contribution is -2.18. The van der Waals surface area contributed by atoms with Crippen LogP contribution in [0.15, 0.2) is 0 Å². The van der Waals surface area contributed by atoms with E-state index in [2.05, 4.69) is 12.2 Å². The van der Waals surface area contributed by atoms with Gasteiger partial charge in [0.05, 0.1) is 0 Å². The monoisotopic (exact) mass is 233 g/mol. The molecule has 0 amide bonds. The Labute approximate surface area is 97.7 Å². The largest absolute Gasteiger partial charge is 0.317 e. The van der Waals surface area contributed by atoms with Crippen LogP contribution < -0.4 is 5.32 Å². The highest BCUT2D eigenvalue weighted by molar-refractivity contribution is 7.84. The molecule has 1 unspecified atom stereocenters. The van der Waals surface area contributed by atoms with Crippen molar-refractivity contribution in [3.05, 3.63) is 0 Å². The summed E-state index contributed by atoms with van der Waals surface area (Å²) < 4.78 is 10.8. The predicted molar refractivity (Wildman–Crippen MR) is 69.8 cm³/mol. The molecule has 1 N–H and O–H groups in total. The van der Waals surface area contributed by atoms with Crippen molar-refractivity contribution < 1.29 is 4.21 Å². The molecule has 0 aliphatic heterocycles. The number of hydrogen-bond donors (Lipinski definition) is 1. The van der Waals surface area contributed by atoms with Gasteiger partial charge in [-0.15, -0.1) is 0 Å². The second-order valence-electron chi connectivity index (χ2n) is 4.15.